The number of phenolic OH excluding ortho intramolecular Hbond substituents is 1. The zero-order valence-corrected chi connectivity index (χ0v) is 16.6. The summed E-state index contributed by atoms with van der Waals surface area (Å²) in [6.45, 7) is 0.323. The normalized spacial score (nSPS) is 10.6. The number of guanidine groups is 1. The van der Waals surface area contributed by atoms with Crippen molar-refractivity contribution < 1.29 is 19.3 Å². The maximum atomic E-state index is 9.75. The number of phenols is 1. The molecule has 0 fully saturated rings. The number of rotatable bonds is 6. The van der Waals surface area contributed by atoms with Crippen molar-refractivity contribution in [3.63, 3.8) is 0 Å². The summed E-state index contributed by atoms with van der Waals surface area (Å²) in [5.74, 6) is 1.95. The van der Waals surface area contributed by atoms with Crippen molar-refractivity contribution in [1.82, 2.24) is 0 Å². The van der Waals surface area contributed by atoms with E-state index in [1.807, 2.05) is 12.1 Å². The fourth-order valence-electron chi connectivity index (χ4n) is 2.11. The molecule has 0 heterocycles. The van der Waals surface area contributed by atoms with Crippen molar-refractivity contribution in [2.45, 2.75) is 6.54 Å². The van der Waals surface area contributed by atoms with Crippen LogP contribution in [0.4, 0.5) is 5.69 Å². The molecule has 2 aromatic carbocycles. The number of aliphatic imine (C=N–C) groups is 1. The molecule has 0 aliphatic rings. The van der Waals surface area contributed by atoms with Crippen LogP contribution < -0.4 is 25.3 Å². The first-order valence-corrected chi connectivity index (χ1v) is 7.22. The van der Waals surface area contributed by atoms with Gasteiger partial charge in [0.2, 0.25) is 0 Å². The predicted molar refractivity (Wildman–Crippen MR) is 109 cm³/mol. The Morgan fingerprint density at radius 1 is 1.00 bits per heavy atom. The van der Waals surface area contributed by atoms with E-state index >= 15 is 0 Å². The summed E-state index contributed by atoms with van der Waals surface area (Å²) in [5.41, 5.74) is 7.43. The zero-order valence-electron chi connectivity index (χ0n) is 14.3. The second-order valence-corrected chi connectivity index (χ2v) is 4.90. The fourth-order valence-corrected chi connectivity index (χ4v) is 2.11. The molecule has 0 aromatic heterocycles. The van der Waals surface area contributed by atoms with E-state index in [9.17, 15) is 5.11 Å². The molecule has 4 N–H and O–H groups in total. The highest BCUT2D eigenvalue weighted by Crippen LogP contribution is 2.29. The van der Waals surface area contributed by atoms with Crippen LogP contribution in [-0.4, -0.2) is 32.4 Å². The predicted octanol–water partition coefficient (Wildman–Crippen LogP) is 2.96. The second-order valence-electron chi connectivity index (χ2n) is 4.90. The van der Waals surface area contributed by atoms with Crippen molar-refractivity contribution >= 4 is 35.6 Å². The van der Waals surface area contributed by atoms with Crippen LogP contribution in [-0.2, 0) is 6.54 Å². The molecule has 0 unspecified atom stereocenters. The number of nitrogens with two attached hydrogens (primary N) is 1. The third kappa shape index (κ3) is 5.59. The first kappa shape index (κ1) is 20.7. The maximum absolute atomic E-state index is 9.75. The van der Waals surface area contributed by atoms with E-state index in [1.54, 1.807) is 38.5 Å². The molecule has 0 aliphatic heterocycles. The largest absolute Gasteiger partial charge is 0.504 e. The van der Waals surface area contributed by atoms with Crippen molar-refractivity contribution in [3.05, 3.63) is 42.0 Å². The van der Waals surface area contributed by atoms with Gasteiger partial charge in [-0.05, 0) is 29.8 Å². The van der Waals surface area contributed by atoms with Crippen molar-refractivity contribution in [1.29, 1.82) is 0 Å². The van der Waals surface area contributed by atoms with Crippen LogP contribution in [0.5, 0.6) is 23.0 Å². The van der Waals surface area contributed by atoms with E-state index in [1.165, 1.54) is 7.11 Å². The third-order valence-corrected chi connectivity index (χ3v) is 3.33. The Morgan fingerprint density at radius 3 is 2.24 bits per heavy atom. The van der Waals surface area contributed by atoms with Crippen LogP contribution in [0.2, 0.25) is 0 Å². The quantitative estimate of drug-likeness (QED) is 0.349. The van der Waals surface area contributed by atoms with Crippen LogP contribution >= 0.6 is 24.0 Å². The van der Waals surface area contributed by atoms with E-state index in [0.717, 1.165) is 11.3 Å². The Kier molecular flexibility index (Phi) is 8.12. The summed E-state index contributed by atoms with van der Waals surface area (Å²) in [4.78, 5) is 4.24. The van der Waals surface area contributed by atoms with Crippen LogP contribution in [0.1, 0.15) is 5.56 Å². The molecule has 8 heteroatoms. The number of halogens is 1. The summed E-state index contributed by atoms with van der Waals surface area (Å²) < 4.78 is 15.4. The molecule has 0 saturated carbocycles. The lowest BCUT2D eigenvalue weighted by atomic mass is 10.2. The van der Waals surface area contributed by atoms with Gasteiger partial charge in [-0.1, -0.05) is 6.07 Å². The number of nitrogens with one attached hydrogen (secondary N) is 1. The Hall–Kier alpha value is -2.36. The standard InChI is InChI=1S/C17H21N3O4.HI/c1-22-14-6-4-11(8-13(14)21)10-19-17(18)20-12-5-7-15(23-2)16(9-12)24-3;/h4-9,21H,10H2,1-3H3,(H3,18,19,20);1H. The van der Waals surface area contributed by atoms with E-state index in [0.29, 0.717) is 23.8 Å². The first-order chi connectivity index (χ1) is 11.6. The van der Waals surface area contributed by atoms with Gasteiger partial charge in [0.15, 0.2) is 29.0 Å². The van der Waals surface area contributed by atoms with Crippen LogP contribution in [0.3, 0.4) is 0 Å². The van der Waals surface area contributed by atoms with Gasteiger partial charge in [-0.25, -0.2) is 4.99 Å². The number of methoxy groups -OCH3 is 3. The molecule has 0 amide bonds. The third-order valence-electron chi connectivity index (χ3n) is 3.33. The van der Waals surface area contributed by atoms with Crippen molar-refractivity contribution in [2.75, 3.05) is 26.6 Å². The van der Waals surface area contributed by atoms with Gasteiger partial charge in [0.05, 0.1) is 27.9 Å². The van der Waals surface area contributed by atoms with E-state index < -0.39 is 0 Å². The summed E-state index contributed by atoms with van der Waals surface area (Å²) in [6, 6.07) is 10.4. The molecular weight excluding hydrogens is 437 g/mol. The Bertz CT molecular complexity index is 738. The molecule has 25 heavy (non-hydrogen) atoms. The molecular formula is C17H22IN3O4. The van der Waals surface area contributed by atoms with Gasteiger partial charge in [0, 0.05) is 11.8 Å². The van der Waals surface area contributed by atoms with E-state index in [4.69, 9.17) is 19.9 Å². The highest BCUT2D eigenvalue weighted by Gasteiger charge is 2.05. The summed E-state index contributed by atoms with van der Waals surface area (Å²) in [5, 5.41) is 12.7. The number of benzene rings is 2. The summed E-state index contributed by atoms with van der Waals surface area (Å²) in [7, 11) is 4.64. The minimum absolute atomic E-state index is 0. The van der Waals surface area contributed by atoms with E-state index in [-0.39, 0.29) is 35.7 Å². The molecule has 0 radical (unpaired) electrons. The Balaban J connectivity index is 0.00000312. The number of ether oxygens (including phenoxy) is 3. The lowest BCUT2D eigenvalue weighted by Crippen LogP contribution is -2.22. The second kappa shape index (κ2) is 9.82. The zero-order chi connectivity index (χ0) is 17.5. The van der Waals surface area contributed by atoms with Crippen LogP contribution in [0.15, 0.2) is 41.4 Å². The molecule has 136 valence electrons. The number of nitrogens with zero attached hydrogens (tertiary/aromatic N) is 1. The number of hydrogen-bond donors (Lipinski definition) is 3. The van der Waals surface area contributed by atoms with Crippen LogP contribution in [0, 0.1) is 0 Å². The maximum Gasteiger partial charge on any atom is 0.193 e. The van der Waals surface area contributed by atoms with Gasteiger partial charge >= 0.3 is 0 Å². The van der Waals surface area contributed by atoms with E-state index in [2.05, 4.69) is 10.3 Å². The lowest BCUT2D eigenvalue weighted by molar-refractivity contribution is 0.355. The average molecular weight is 459 g/mol. The van der Waals surface area contributed by atoms with Gasteiger partial charge in [-0.3, -0.25) is 0 Å². The molecule has 0 saturated heterocycles. The smallest absolute Gasteiger partial charge is 0.193 e. The monoisotopic (exact) mass is 459 g/mol. The molecule has 0 spiro atoms. The highest BCUT2D eigenvalue weighted by atomic mass is 127. The highest BCUT2D eigenvalue weighted by molar-refractivity contribution is 14.0. The van der Waals surface area contributed by atoms with Crippen LogP contribution in [0.25, 0.3) is 0 Å². The molecule has 2 aromatic rings. The minimum Gasteiger partial charge on any atom is -0.504 e. The number of aromatic hydroxyl groups is 1. The molecule has 2 rings (SSSR count). The number of hydrogen-bond acceptors (Lipinski definition) is 5. The molecule has 7 nitrogen and oxygen atoms in total. The number of anilines is 1. The van der Waals surface area contributed by atoms with Gasteiger partial charge in [-0.15, -0.1) is 24.0 Å². The molecule has 0 atom stereocenters. The van der Waals surface area contributed by atoms with Gasteiger partial charge in [-0.2, -0.15) is 0 Å². The summed E-state index contributed by atoms with van der Waals surface area (Å²) >= 11 is 0. The lowest BCUT2D eigenvalue weighted by Gasteiger charge is -2.11. The van der Waals surface area contributed by atoms with Crippen molar-refractivity contribution in [3.8, 4) is 23.0 Å². The minimum atomic E-state index is 0. The van der Waals surface area contributed by atoms with Gasteiger partial charge in [0.1, 0.15) is 0 Å². The van der Waals surface area contributed by atoms with Gasteiger partial charge in [0.25, 0.3) is 0 Å². The Morgan fingerprint density at radius 2 is 1.64 bits per heavy atom. The first-order valence-electron chi connectivity index (χ1n) is 7.22. The fraction of sp³-hybridized carbons (Fsp3) is 0.235. The topological polar surface area (TPSA) is 98.3 Å². The summed E-state index contributed by atoms with van der Waals surface area (Å²) in [6.07, 6.45) is 0. The van der Waals surface area contributed by atoms with Crippen molar-refractivity contribution in [2.24, 2.45) is 10.7 Å². The Labute approximate surface area is 163 Å². The molecule has 0 bridgehead atoms. The van der Waals surface area contributed by atoms with Gasteiger partial charge < -0.3 is 30.4 Å². The SMILES string of the molecule is COc1ccc(CN=C(N)Nc2ccc(OC)c(OC)c2)cc1O.I. The molecule has 0 aliphatic carbocycles. The average Bonchev–Trinajstić information content (AvgIpc) is 2.60.